The lowest BCUT2D eigenvalue weighted by Gasteiger charge is -2.30. The van der Waals surface area contributed by atoms with Crippen molar-refractivity contribution >= 4 is 66.4 Å². The lowest BCUT2D eigenvalue weighted by Crippen LogP contribution is -2.12. The topological polar surface area (TPSA) is 6.48 Å². The van der Waals surface area contributed by atoms with Gasteiger partial charge in [0, 0.05) is 33.5 Å². The lowest BCUT2D eigenvalue weighted by molar-refractivity contribution is -0.137. The van der Waals surface area contributed by atoms with Crippen LogP contribution in [-0.4, -0.2) is 0 Å². The van der Waals surface area contributed by atoms with Crippen LogP contribution in [0.3, 0.4) is 0 Å². The van der Waals surface area contributed by atoms with E-state index in [0.717, 1.165) is 72.9 Å². The molecule has 0 saturated heterocycles. The first-order chi connectivity index (χ1) is 23.9. The molecular formula is C44H31F3N2. The molecule has 2 nitrogen and oxygen atoms in total. The number of rotatable bonds is 6. The summed E-state index contributed by atoms with van der Waals surface area (Å²) in [5.41, 5.74) is 6.04. The molecule has 0 amide bonds. The van der Waals surface area contributed by atoms with Crippen molar-refractivity contribution in [3.8, 4) is 0 Å². The van der Waals surface area contributed by atoms with Crippen LogP contribution in [0.2, 0.25) is 0 Å². The molecule has 0 aliphatic carbocycles. The largest absolute Gasteiger partial charge is 0.416 e. The van der Waals surface area contributed by atoms with Gasteiger partial charge in [0.2, 0.25) is 0 Å². The summed E-state index contributed by atoms with van der Waals surface area (Å²) < 4.78 is 40.8. The van der Waals surface area contributed by atoms with Gasteiger partial charge in [0.15, 0.2) is 0 Å². The highest BCUT2D eigenvalue weighted by atomic mass is 19.4. The summed E-state index contributed by atoms with van der Waals surface area (Å²) in [6.07, 6.45) is -4.42. The van der Waals surface area contributed by atoms with Gasteiger partial charge < -0.3 is 9.80 Å². The summed E-state index contributed by atoms with van der Waals surface area (Å²) >= 11 is 0. The highest BCUT2D eigenvalue weighted by Gasteiger charge is 2.30. The second-order valence-corrected chi connectivity index (χ2v) is 12.2. The summed E-state index contributed by atoms with van der Waals surface area (Å²) in [6.45, 7) is 2.09. The molecule has 8 aromatic rings. The first kappa shape index (κ1) is 30.3. The monoisotopic (exact) mass is 644 g/mol. The average molecular weight is 645 g/mol. The van der Waals surface area contributed by atoms with E-state index >= 15 is 0 Å². The van der Waals surface area contributed by atoms with Gasteiger partial charge in [-0.05, 0) is 101 Å². The van der Waals surface area contributed by atoms with Gasteiger partial charge in [-0.1, -0.05) is 103 Å². The molecular weight excluding hydrogens is 613 g/mol. The molecule has 0 heterocycles. The zero-order chi connectivity index (χ0) is 33.5. The highest BCUT2D eigenvalue weighted by molar-refractivity contribution is 6.24. The van der Waals surface area contributed by atoms with Crippen LogP contribution < -0.4 is 9.80 Å². The standard InChI is InChI=1S/C44H31F3N2/c1-30-20-24-34(25-21-30)48(32-12-4-2-5-13-32)42-28-40-37-17-9-11-19-39(37)43(29-41(40)36-16-8-10-18-38(36)42)49(33-14-6-3-7-15-33)35-26-22-31(23-27-35)44(45,46)47/h2-29H,1H3. The molecule has 0 aromatic heterocycles. The van der Waals surface area contributed by atoms with Crippen molar-refractivity contribution in [2.45, 2.75) is 13.1 Å². The number of nitrogens with zero attached hydrogens (tertiary/aromatic N) is 2. The Labute approximate surface area is 282 Å². The first-order valence-corrected chi connectivity index (χ1v) is 16.2. The Kier molecular flexibility index (Phi) is 7.53. The predicted octanol–water partition coefficient (Wildman–Crippen LogP) is 13.4. The normalized spacial score (nSPS) is 11.7. The van der Waals surface area contributed by atoms with E-state index in [1.54, 1.807) is 12.1 Å². The number of benzene rings is 8. The minimum Gasteiger partial charge on any atom is -0.310 e. The average Bonchev–Trinajstić information content (AvgIpc) is 3.14. The van der Waals surface area contributed by atoms with Crippen molar-refractivity contribution in [3.63, 3.8) is 0 Å². The van der Waals surface area contributed by atoms with Crippen LogP contribution in [0.25, 0.3) is 32.3 Å². The maximum atomic E-state index is 13.6. The van der Waals surface area contributed by atoms with Crippen LogP contribution in [0.15, 0.2) is 170 Å². The molecule has 0 fully saturated rings. The number of hydrogen-bond acceptors (Lipinski definition) is 2. The Bertz CT molecular complexity index is 2420. The second-order valence-electron chi connectivity index (χ2n) is 12.2. The number of para-hydroxylation sites is 2. The fourth-order valence-electron chi connectivity index (χ4n) is 6.78. The van der Waals surface area contributed by atoms with Gasteiger partial charge in [-0.3, -0.25) is 0 Å². The van der Waals surface area contributed by atoms with Crippen molar-refractivity contribution in [3.05, 3.63) is 181 Å². The number of hydrogen-bond donors (Lipinski definition) is 0. The summed E-state index contributed by atoms with van der Waals surface area (Å²) in [5, 5.41) is 6.34. The number of halogens is 3. The quantitative estimate of drug-likeness (QED) is 0.166. The van der Waals surface area contributed by atoms with E-state index in [1.165, 1.54) is 5.56 Å². The van der Waals surface area contributed by atoms with Gasteiger partial charge in [0.05, 0.1) is 16.9 Å². The summed E-state index contributed by atoms with van der Waals surface area (Å²) in [5.74, 6) is 0. The van der Waals surface area contributed by atoms with Crippen molar-refractivity contribution in [1.82, 2.24) is 0 Å². The third-order valence-electron chi connectivity index (χ3n) is 9.09. The zero-order valence-corrected chi connectivity index (χ0v) is 26.7. The molecule has 0 atom stereocenters. The number of alkyl halides is 3. The Balaban J connectivity index is 1.43. The van der Waals surface area contributed by atoms with Crippen LogP contribution in [0, 0.1) is 6.92 Å². The van der Waals surface area contributed by atoms with Crippen molar-refractivity contribution in [2.24, 2.45) is 0 Å². The maximum absolute atomic E-state index is 13.6. The SMILES string of the molecule is Cc1ccc(N(c2ccccc2)c2cc3c4ccccc4c(N(c4ccccc4)c4ccc(C(F)(F)F)cc4)cc3c3ccccc23)cc1. The molecule has 0 aliphatic heterocycles. The second kappa shape index (κ2) is 12.2. The zero-order valence-electron chi connectivity index (χ0n) is 26.7. The van der Waals surface area contributed by atoms with Crippen LogP contribution in [0.4, 0.5) is 47.3 Å². The molecule has 0 saturated carbocycles. The predicted molar refractivity (Wildman–Crippen MR) is 198 cm³/mol. The van der Waals surface area contributed by atoms with E-state index in [1.807, 2.05) is 53.4 Å². The Morgan fingerprint density at radius 2 is 0.714 bits per heavy atom. The van der Waals surface area contributed by atoms with E-state index < -0.39 is 11.7 Å². The van der Waals surface area contributed by atoms with Crippen molar-refractivity contribution < 1.29 is 13.2 Å². The first-order valence-electron chi connectivity index (χ1n) is 16.2. The number of anilines is 6. The Hall–Kier alpha value is -6.07. The smallest absolute Gasteiger partial charge is 0.310 e. The molecule has 0 bridgehead atoms. The van der Waals surface area contributed by atoms with Crippen LogP contribution >= 0.6 is 0 Å². The summed E-state index contributed by atoms with van der Waals surface area (Å²) in [4.78, 5) is 4.36. The molecule has 49 heavy (non-hydrogen) atoms. The van der Waals surface area contributed by atoms with E-state index in [4.69, 9.17) is 0 Å². The van der Waals surface area contributed by atoms with E-state index in [0.29, 0.717) is 5.69 Å². The Morgan fingerprint density at radius 1 is 0.367 bits per heavy atom. The highest BCUT2D eigenvalue weighted by Crippen LogP contribution is 2.47. The molecule has 0 radical (unpaired) electrons. The van der Waals surface area contributed by atoms with E-state index in [2.05, 4.69) is 109 Å². The molecule has 0 N–H and O–H groups in total. The minimum absolute atomic E-state index is 0.638. The molecule has 8 aromatic carbocycles. The Morgan fingerprint density at radius 3 is 1.12 bits per heavy atom. The minimum atomic E-state index is -4.42. The fourth-order valence-corrected chi connectivity index (χ4v) is 6.78. The molecule has 0 unspecified atom stereocenters. The van der Waals surface area contributed by atoms with Gasteiger partial charge in [-0.2, -0.15) is 13.2 Å². The lowest BCUT2D eigenvalue weighted by atomic mass is 9.93. The molecule has 5 heteroatoms. The van der Waals surface area contributed by atoms with Crippen molar-refractivity contribution in [2.75, 3.05) is 9.80 Å². The fraction of sp³-hybridized carbons (Fsp3) is 0.0455. The van der Waals surface area contributed by atoms with Crippen LogP contribution in [0.5, 0.6) is 0 Å². The van der Waals surface area contributed by atoms with Gasteiger partial charge in [0.25, 0.3) is 0 Å². The third-order valence-corrected chi connectivity index (χ3v) is 9.09. The van der Waals surface area contributed by atoms with E-state index in [9.17, 15) is 13.2 Å². The van der Waals surface area contributed by atoms with Gasteiger partial charge >= 0.3 is 6.18 Å². The van der Waals surface area contributed by atoms with E-state index in [-0.39, 0.29) is 0 Å². The maximum Gasteiger partial charge on any atom is 0.416 e. The molecule has 0 spiro atoms. The van der Waals surface area contributed by atoms with Crippen molar-refractivity contribution in [1.29, 1.82) is 0 Å². The van der Waals surface area contributed by atoms with Crippen LogP contribution in [-0.2, 0) is 6.18 Å². The third kappa shape index (κ3) is 5.53. The van der Waals surface area contributed by atoms with Gasteiger partial charge in [-0.25, -0.2) is 0 Å². The number of aryl methyl sites for hydroxylation is 1. The number of fused-ring (bicyclic) bond motifs is 5. The molecule has 8 rings (SSSR count). The molecule has 238 valence electrons. The summed E-state index contributed by atoms with van der Waals surface area (Å²) in [6, 6.07) is 55.4. The molecule has 0 aliphatic rings. The van der Waals surface area contributed by atoms with Gasteiger partial charge in [0.1, 0.15) is 0 Å². The van der Waals surface area contributed by atoms with Gasteiger partial charge in [-0.15, -0.1) is 0 Å². The summed E-state index contributed by atoms with van der Waals surface area (Å²) in [7, 11) is 0. The van der Waals surface area contributed by atoms with Crippen LogP contribution in [0.1, 0.15) is 11.1 Å².